The van der Waals surface area contributed by atoms with Gasteiger partial charge in [0, 0.05) is 42.7 Å². The highest BCUT2D eigenvalue weighted by atomic mass is 16.5. The van der Waals surface area contributed by atoms with Crippen LogP contribution in [-0.4, -0.2) is 46.9 Å². The third-order valence-corrected chi connectivity index (χ3v) is 6.05. The molecule has 33 heavy (non-hydrogen) atoms. The van der Waals surface area contributed by atoms with Crippen LogP contribution >= 0.6 is 0 Å². The van der Waals surface area contributed by atoms with E-state index in [9.17, 15) is 14.4 Å². The number of carbonyl (C=O) groups excluding carboxylic acids is 3. The minimum Gasteiger partial charge on any atom is -0.493 e. The van der Waals surface area contributed by atoms with Gasteiger partial charge in [0.15, 0.2) is 11.5 Å². The lowest BCUT2D eigenvalue weighted by Gasteiger charge is -2.19. The fraction of sp³-hybridized carbons (Fsp3) is 0.417. The van der Waals surface area contributed by atoms with Gasteiger partial charge in [-0.2, -0.15) is 0 Å². The van der Waals surface area contributed by atoms with Crippen LogP contribution in [0.25, 0.3) is 0 Å². The van der Waals surface area contributed by atoms with E-state index < -0.39 is 5.54 Å². The summed E-state index contributed by atoms with van der Waals surface area (Å²) < 4.78 is 11.2. The predicted octanol–water partition coefficient (Wildman–Crippen LogP) is 3.25. The lowest BCUT2D eigenvalue weighted by atomic mass is 9.98. The molecular formula is C24H28N4O5. The number of aromatic nitrogens is 1. The number of amides is 4. The number of pyridine rings is 1. The molecule has 1 spiro atoms. The molecule has 1 aliphatic heterocycles. The Morgan fingerprint density at radius 1 is 1.21 bits per heavy atom. The van der Waals surface area contributed by atoms with Gasteiger partial charge in [-0.3, -0.25) is 19.5 Å². The summed E-state index contributed by atoms with van der Waals surface area (Å²) >= 11 is 0. The summed E-state index contributed by atoms with van der Waals surface area (Å²) in [5.41, 5.74) is 0.769. The zero-order chi connectivity index (χ0) is 23.3. The van der Waals surface area contributed by atoms with E-state index >= 15 is 0 Å². The number of nitrogens with one attached hydrogen (secondary N) is 2. The molecule has 4 rings (SSSR count). The van der Waals surface area contributed by atoms with Gasteiger partial charge >= 0.3 is 6.03 Å². The number of imide groups is 1. The van der Waals surface area contributed by atoms with Crippen LogP contribution in [0, 0.1) is 0 Å². The van der Waals surface area contributed by atoms with Crippen molar-refractivity contribution in [3.8, 4) is 11.5 Å². The topological polar surface area (TPSA) is 110 Å². The second-order valence-corrected chi connectivity index (χ2v) is 8.34. The van der Waals surface area contributed by atoms with Gasteiger partial charge in [0.1, 0.15) is 12.1 Å². The van der Waals surface area contributed by atoms with Crippen LogP contribution in [0.2, 0.25) is 0 Å². The summed E-state index contributed by atoms with van der Waals surface area (Å²) in [6.45, 7) is 0.539. The van der Waals surface area contributed by atoms with E-state index in [0.29, 0.717) is 43.1 Å². The fourth-order valence-corrected chi connectivity index (χ4v) is 4.33. The largest absolute Gasteiger partial charge is 0.493 e. The van der Waals surface area contributed by atoms with E-state index in [1.54, 1.807) is 37.7 Å². The quantitative estimate of drug-likeness (QED) is 0.565. The normalized spacial score (nSPS) is 16.7. The van der Waals surface area contributed by atoms with E-state index in [1.165, 1.54) is 4.90 Å². The lowest BCUT2D eigenvalue weighted by molar-refractivity contribution is -0.131. The van der Waals surface area contributed by atoms with Crippen LogP contribution in [0.5, 0.6) is 11.5 Å². The summed E-state index contributed by atoms with van der Waals surface area (Å²) in [6, 6.07) is 8.55. The number of benzene rings is 1. The van der Waals surface area contributed by atoms with E-state index in [-0.39, 0.29) is 30.8 Å². The molecule has 1 aromatic carbocycles. The van der Waals surface area contributed by atoms with E-state index in [0.717, 1.165) is 18.4 Å². The molecule has 2 aromatic rings. The van der Waals surface area contributed by atoms with Crippen molar-refractivity contribution < 1.29 is 23.9 Å². The summed E-state index contributed by atoms with van der Waals surface area (Å²) in [5, 5.41) is 5.69. The zero-order valence-corrected chi connectivity index (χ0v) is 18.6. The fourth-order valence-electron chi connectivity index (χ4n) is 4.33. The number of nitrogens with zero attached hydrogens (tertiary/aromatic N) is 2. The molecule has 2 fully saturated rings. The lowest BCUT2D eigenvalue weighted by Crippen LogP contribution is -2.44. The van der Waals surface area contributed by atoms with Gasteiger partial charge in [0.25, 0.3) is 5.91 Å². The van der Waals surface area contributed by atoms with Crippen LogP contribution in [0.4, 0.5) is 10.5 Å². The van der Waals surface area contributed by atoms with Gasteiger partial charge < -0.3 is 20.1 Å². The minimum atomic E-state index is -0.714. The van der Waals surface area contributed by atoms with Crippen molar-refractivity contribution in [3.05, 3.63) is 48.3 Å². The van der Waals surface area contributed by atoms with Crippen molar-refractivity contribution in [2.75, 3.05) is 19.0 Å². The molecule has 9 heteroatoms. The number of anilines is 1. The number of urea groups is 1. The Morgan fingerprint density at radius 3 is 2.76 bits per heavy atom. The van der Waals surface area contributed by atoms with Crippen molar-refractivity contribution >= 4 is 23.5 Å². The van der Waals surface area contributed by atoms with Gasteiger partial charge in [-0.05, 0) is 37.5 Å². The van der Waals surface area contributed by atoms with Crippen molar-refractivity contribution in [2.45, 2.75) is 50.7 Å². The highest BCUT2D eigenvalue weighted by Gasteiger charge is 2.52. The smallest absolute Gasteiger partial charge is 0.325 e. The number of hydrogen-bond acceptors (Lipinski definition) is 6. The minimum absolute atomic E-state index is 0.157. The monoisotopic (exact) mass is 452 g/mol. The molecule has 1 saturated carbocycles. The van der Waals surface area contributed by atoms with Gasteiger partial charge in [0.2, 0.25) is 5.91 Å². The molecule has 2 heterocycles. The van der Waals surface area contributed by atoms with E-state index in [2.05, 4.69) is 15.6 Å². The number of carbonyl (C=O) groups is 3. The summed E-state index contributed by atoms with van der Waals surface area (Å²) in [5.74, 6) is 0.689. The predicted molar refractivity (Wildman–Crippen MR) is 121 cm³/mol. The summed E-state index contributed by atoms with van der Waals surface area (Å²) in [7, 11) is 1.55. The Balaban J connectivity index is 1.29. The molecule has 0 atom stereocenters. The van der Waals surface area contributed by atoms with Crippen molar-refractivity contribution in [3.63, 3.8) is 0 Å². The highest BCUT2D eigenvalue weighted by Crippen LogP contribution is 2.35. The SMILES string of the molecule is COc1ccc(NC(=O)CCCN2C(=O)NC3(CCCC3)C2=O)cc1OCc1cccnc1. The maximum absolute atomic E-state index is 12.7. The first kappa shape index (κ1) is 22.6. The Morgan fingerprint density at radius 2 is 2.03 bits per heavy atom. The third-order valence-electron chi connectivity index (χ3n) is 6.05. The van der Waals surface area contributed by atoms with Crippen LogP contribution in [0.15, 0.2) is 42.7 Å². The second-order valence-electron chi connectivity index (χ2n) is 8.34. The summed E-state index contributed by atoms with van der Waals surface area (Å²) in [6.07, 6.45) is 7.26. The average Bonchev–Trinajstić information content (AvgIpc) is 3.38. The van der Waals surface area contributed by atoms with Gasteiger partial charge in [0.05, 0.1) is 7.11 Å². The average molecular weight is 453 g/mol. The van der Waals surface area contributed by atoms with E-state index in [4.69, 9.17) is 9.47 Å². The molecule has 0 radical (unpaired) electrons. The van der Waals surface area contributed by atoms with Crippen molar-refractivity contribution in [2.24, 2.45) is 0 Å². The molecule has 0 bridgehead atoms. The highest BCUT2D eigenvalue weighted by molar-refractivity contribution is 6.07. The second kappa shape index (κ2) is 9.89. The number of rotatable bonds is 9. The Kier molecular flexibility index (Phi) is 6.76. The molecule has 2 aliphatic rings. The van der Waals surface area contributed by atoms with Crippen molar-refractivity contribution in [1.82, 2.24) is 15.2 Å². The number of ether oxygens (including phenoxy) is 2. The number of methoxy groups -OCH3 is 1. The Hall–Kier alpha value is -3.62. The Bertz CT molecular complexity index is 1020. The van der Waals surface area contributed by atoms with Gasteiger partial charge in [-0.1, -0.05) is 18.9 Å². The zero-order valence-electron chi connectivity index (χ0n) is 18.6. The number of hydrogen-bond donors (Lipinski definition) is 2. The Labute approximate surface area is 192 Å². The maximum atomic E-state index is 12.7. The first-order valence-corrected chi connectivity index (χ1v) is 11.1. The van der Waals surface area contributed by atoms with Crippen LogP contribution in [-0.2, 0) is 16.2 Å². The van der Waals surface area contributed by atoms with Crippen LogP contribution in [0.1, 0.15) is 44.1 Å². The molecular weight excluding hydrogens is 424 g/mol. The summed E-state index contributed by atoms with van der Waals surface area (Å²) in [4.78, 5) is 42.7. The van der Waals surface area contributed by atoms with E-state index in [1.807, 2.05) is 12.1 Å². The van der Waals surface area contributed by atoms with Crippen LogP contribution in [0.3, 0.4) is 0 Å². The molecule has 1 saturated heterocycles. The van der Waals surface area contributed by atoms with Gasteiger partial charge in [-0.15, -0.1) is 0 Å². The first-order chi connectivity index (χ1) is 16.0. The molecule has 1 aliphatic carbocycles. The molecule has 1 aromatic heterocycles. The third kappa shape index (κ3) is 5.08. The molecule has 0 unspecified atom stereocenters. The van der Waals surface area contributed by atoms with Crippen molar-refractivity contribution in [1.29, 1.82) is 0 Å². The van der Waals surface area contributed by atoms with Gasteiger partial charge in [-0.25, -0.2) is 4.79 Å². The molecule has 4 amide bonds. The molecule has 9 nitrogen and oxygen atoms in total. The standard InChI is InChI=1S/C24H28N4O5/c1-32-19-9-8-18(14-20(19)33-16-17-6-4-12-25-15-17)26-21(29)7-5-13-28-22(30)24(27-23(28)31)10-2-3-11-24/h4,6,8-9,12,14-15H,2-3,5,7,10-11,13,16H2,1H3,(H,26,29)(H,27,31). The first-order valence-electron chi connectivity index (χ1n) is 11.1. The molecule has 2 N–H and O–H groups in total. The maximum Gasteiger partial charge on any atom is 0.325 e. The van der Waals surface area contributed by atoms with Crippen LogP contribution < -0.4 is 20.1 Å². The molecule has 174 valence electrons.